The number of ketones is 1. The van der Waals surface area contributed by atoms with Crippen LogP contribution in [-0.4, -0.2) is 111 Å². The maximum atomic E-state index is 11.4. The van der Waals surface area contributed by atoms with Gasteiger partial charge in [-0.25, -0.2) is 0 Å². The summed E-state index contributed by atoms with van der Waals surface area (Å²) in [4.78, 5) is 11.4. The molecule has 0 fully saturated rings. The van der Waals surface area contributed by atoms with Gasteiger partial charge in [-0.15, -0.1) is 0 Å². The van der Waals surface area contributed by atoms with Gasteiger partial charge in [-0.05, 0) is 12.3 Å². The van der Waals surface area contributed by atoms with Crippen LogP contribution in [0.3, 0.4) is 0 Å². The number of carbonyl (C=O) groups excluding carboxylic acids is 1. The molecule has 0 atom stereocenters. The molecule has 0 saturated carbocycles. The Labute approximate surface area is 207 Å². The molecule has 0 aromatic carbocycles. The highest BCUT2D eigenvalue weighted by atomic mass is 16.6. The second-order valence-electron chi connectivity index (χ2n) is 8.45. The van der Waals surface area contributed by atoms with E-state index in [1.165, 1.54) is 0 Å². The van der Waals surface area contributed by atoms with E-state index >= 15 is 0 Å². The lowest BCUT2D eigenvalue weighted by molar-refractivity contribution is -0.123. The van der Waals surface area contributed by atoms with Crippen molar-refractivity contribution in [3.05, 3.63) is 0 Å². The summed E-state index contributed by atoms with van der Waals surface area (Å²) in [7, 11) is 0. The average molecular weight is 495 g/mol. The third-order valence-corrected chi connectivity index (χ3v) is 4.58. The maximum absolute atomic E-state index is 11.4. The van der Waals surface area contributed by atoms with E-state index in [1.807, 2.05) is 13.8 Å². The Bertz CT molecular complexity index is 419. The average Bonchev–Trinajstić information content (AvgIpc) is 2.80. The van der Waals surface area contributed by atoms with E-state index in [-0.39, 0.29) is 11.7 Å². The third-order valence-electron chi connectivity index (χ3n) is 4.58. The molecular formula is C25H50O9. The molecule has 34 heavy (non-hydrogen) atoms. The third kappa shape index (κ3) is 27.6. The van der Waals surface area contributed by atoms with Crippen molar-refractivity contribution in [3.8, 4) is 0 Å². The lowest BCUT2D eigenvalue weighted by Gasteiger charge is -2.09. The molecule has 0 N–H and O–H groups in total. The largest absolute Gasteiger partial charge is 0.379 e. The van der Waals surface area contributed by atoms with Crippen molar-refractivity contribution in [1.82, 2.24) is 0 Å². The normalized spacial score (nSPS) is 11.7. The SMILES string of the molecule is CC(C)CCOCCOCCOCCOCCOCCOCCOCCOCCC(=O)C(C)C. The Morgan fingerprint density at radius 3 is 0.971 bits per heavy atom. The fourth-order valence-corrected chi connectivity index (χ4v) is 2.42. The molecule has 0 heterocycles. The van der Waals surface area contributed by atoms with Gasteiger partial charge in [0.1, 0.15) is 5.78 Å². The van der Waals surface area contributed by atoms with Crippen LogP contribution in [0.5, 0.6) is 0 Å². The van der Waals surface area contributed by atoms with E-state index in [2.05, 4.69) is 13.8 Å². The molecule has 0 spiro atoms. The zero-order valence-corrected chi connectivity index (χ0v) is 22.1. The summed E-state index contributed by atoms with van der Waals surface area (Å²) in [5.74, 6) is 0.966. The molecule has 0 aromatic heterocycles. The molecule has 0 aliphatic carbocycles. The predicted molar refractivity (Wildman–Crippen MR) is 130 cm³/mol. The molecule has 9 heteroatoms. The molecule has 204 valence electrons. The molecular weight excluding hydrogens is 444 g/mol. The smallest absolute Gasteiger partial charge is 0.137 e. The molecule has 0 aromatic rings. The van der Waals surface area contributed by atoms with Crippen molar-refractivity contribution in [2.75, 3.05) is 106 Å². The second kappa shape index (κ2) is 26.9. The molecule has 0 bridgehead atoms. The van der Waals surface area contributed by atoms with Crippen molar-refractivity contribution < 1.29 is 42.7 Å². The van der Waals surface area contributed by atoms with Crippen molar-refractivity contribution in [1.29, 1.82) is 0 Å². The highest BCUT2D eigenvalue weighted by Crippen LogP contribution is 1.99. The van der Waals surface area contributed by atoms with Crippen LogP contribution in [0.15, 0.2) is 0 Å². The zero-order valence-electron chi connectivity index (χ0n) is 22.1. The number of carbonyl (C=O) groups is 1. The summed E-state index contributed by atoms with van der Waals surface area (Å²) in [5.41, 5.74) is 0. The quantitative estimate of drug-likeness (QED) is 0.152. The standard InChI is InChI=1S/C25H50O9/c1-23(2)5-7-27-9-11-29-13-15-31-17-19-33-21-22-34-20-18-32-16-14-30-12-10-28-8-6-25(26)24(3)4/h23-24H,5-22H2,1-4H3. The summed E-state index contributed by atoms with van der Waals surface area (Å²) >= 11 is 0. The first kappa shape index (κ1) is 33.4. The fourth-order valence-electron chi connectivity index (χ4n) is 2.42. The Balaban J connectivity index is 3.06. The number of rotatable bonds is 28. The molecule has 0 amide bonds. The molecule has 0 rings (SSSR count). The second-order valence-corrected chi connectivity index (χ2v) is 8.45. The Hall–Kier alpha value is -0.650. The summed E-state index contributed by atoms with van der Waals surface area (Å²) in [6, 6.07) is 0. The minimum Gasteiger partial charge on any atom is -0.379 e. The van der Waals surface area contributed by atoms with Gasteiger partial charge < -0.3 is 37.9 Å². The Kier molecular flexibility index (Phi) is 26.4. The molecule has 0 aliphatic heterocycles. The van der Waals surface area contributed by atoms with Gasteiger partial charge >= 0.3 is 0 Å². The molecule has 0 saturated heterocycles. The lowest BCUT2D eigenvalue weighted by atomic mass is 10.1. The summed E-state index contributed by atoms with van der Waals surface area (Å²) in [6.07, 6.45) is 1.55. The first-order valence-corrected chi connectivity index (χ1v) is 12.7. The predicted octanol–water partition coefficient (Wildman–Crippen LogP) is 2.78. The first-order chi connectivity index (χ1) is 16.5. The van der Waals surface area contributed by atoms with Gasteiger partial charge in [0, 0.05) is 18.9 Å². The van der Waals surface area contributed by atoms with Crippen LogP contribution < -0.4 is 0 Å². The minimum absolute atomic E-state index is 0.0689. The van der Waals surface area contributed by atoms with Gasteiger partial charge in [-0.2, -0.15) is 0 Å². The molecule has 0 radical (unpaired) electrons. The van der Waals surface area contributed by atoms with Crippen LogP contribution in [-0.2, 0) is 42.7 Å². The van der Waals surface area contributed by atoms with Gasteiger partial charge in [-0.1, -0.05) is 27.7 Å². The number of Topliss-reactive ketones (excluding diaryl/α,β-unsaturated/α-hetero) is 1. The monoisotopic (exact) mass is 494 g/mol. The van der Waals surface area contributed by atoms with Crippen molar-refractivity contribution in [3.63, 3.8) is 0 Å². The van der Waals surface area contributed by atoms with E-state index in [1.54, 1.807) is 0 Å². The van der Waals surface area contributed by atoms with Crippen molar-refractivity contribution in [2.45, 2.75) is 40.5 Å². The van der Waals surface area contributed by atoms with Crippen LogP contribution in [0.4, 0.5) is 0 Å². The first-order valence-electron chi connectivity index (χ1n) is 12.7. The highest BCUT2D eigenvalue weighted by molar-refractivity contribution is 5.80. The zero-order chi connectivity index (χ0) is 25.1. The number of ether oxygens (including phenoxy) is 8. The van der Waals surface area contributed by atoms with Gasteiger partial charge in [-0.3, -0.25) is 4.79 Å². The highest BCUT2D eigenvalue weighted by Gasteiger charge is 2.06. The van der Waals surface area contributed by atoms with E-state index < -0.39 is 0 Å². The Morgan fingerprint density at radius 2 is 0.706 bits per heavy atom. The minimum atomic E-state index is 0.0689. The van der Waals surface area contributed by atoms with Gasteiger partial charge in [0.15, 0.2) is 0 Å². The van der Waals surface area contributed by atoms with Gasteiger partial charge in [0.25, 0.3) is 0 Å². The molecule has 9 nitrogen and oxygen atoms in total. The van der Waals surface area contributed by atoms with E-state index in [9.17, 15) is 4.79 Å². The van der Waals surface area contributed by atoms with E-state index in [4.69, 9.17) is 37.9 Å². The maximum Gasteiger partial charge on any atom is 0.137 e. The lowest BCUT2D eigenvalue weighted by Crippen LogP contribution is -2.15. The van der Waals surface area contributed by atoms with Crippen LogP contribution in [0.25, 0.3) is 0 Å². The van der Waals surface area contributed by atoms with Crippen molar-refractivity contribution >= 4 is 5.78 Å². The summed E-state index contributed by atoms with van der Waals surface area (Å²) < 4.78 is 43.5. The molecule has 0 aliphatic rings. The van der Waals surface area contributed by atoms with Crippen LogP contribution in [0.2, 0.25) is 0 Å². The molecule has 0 unspecified atom stereocenters. The number of hydrogen-bond donors (Lipinski definition) is 0. The summed E-state index contributed by atoms with van der Waals surface area (Å²) in [6.45, 7) is 16.9. The van der Waals surface area contributed by atoms with Crippen LogP contribution >= 0.6 is 0 Å². The number of hydrogen-bond acceptors (Lipinski definition) is 9. The Morgan fingerprint density at radius 1 is 0.441 bits per heavy atom. The van der Waals surface area contributed by atoms with Crippen LogP contribution in [0.1, 0.15) is 40.5 Å². The van der Waals surface area contributed by atoms with Crippen LogP contribution in [0, 0.1) is 11.8 Å². The van der Waals surface area contributed by atoms with Gasteiger partial charge in [0.2, 0.25) is 0 Å². The van der Waals surface area contributed by atoms with Crippen molar-refractivity contribution in [2.24, 2.45) is 11.8 Å². The summed E-state index contributed by atoms with van der Waals surface area (Å²) in [5, 5.41) is 0. The van der Waals surface area contributed by atoms with Gasteiger partial charge in [0.05, 0.1) is 99.1 Å². The topological polar surface area (TPSA) is 90.9 Å². The van der Waals surface area contributed by atoms with E-state index in [0.29, 0.717) is 111 Å². The van der Waals surface area contributed by atoms with E-state index in [0.717, 1.165) is 13.0 Å². The fraction of sp³-hybridized carbons (Fsp3) is 0.960.